The Balaban J connectivity index is 1.75. The summed E-state index contributed by atoms with van der Waals surface area (Å²) in [5, 5.41) is 10.5. The summed E-state index contributed by atoms with van der Waals surface area (Å²) in [5.41, 5.74) is 11.8. The van der Waals surface area contributed by atoms with Crippen molar-refractivity contribution in [2.45, 2.75) is 32.3 Å². The number of nitriles is 1. The first-order valence-electron chi connectivity index (χ1n) is 9.93. The molecule has 0 fully saturated rings. The summed E-state index contributed by atoms with van der Waals surface area (Å²) in [5.74, 6) is 1.87. The van der Waals surface area contributed by atoms with Gasteiger partial charge in [0.25, 0.3) is 5.82 Å². The minimum Gasteiger partial charge on any atom is -0.496 e. The molecular formula is C24H23ClN3O2+. The Bertz CT molecular complexity index is 1120. The molecule has 0 bridgehead atoms. The Labute approximate surface area is 181 Å². The van der Waals surface area contributed by atoms with Gasteiger partial charge in [0, 0.05) is 28.1 Å². The second-order valence-corrected chi connectivity index (χ2v) is 7.77. The van der Waals surface area contributed by atoms with E-state index in [2.05, 4.69) is 11.1 Å². The maximum Gasteiger partial charge on any atom is 0.289 e. The summed E-state index contributed by atoms with van der Waals surface area (Å²) in [6.07, 6.45) is 4.10. The third-order valence-electron chi connectivity index (χ3n) is 5.46. The van der Waals surface area contributed by atoms with Crippen molar-refractivity contribution in [3.8, 4) is 28.7 Å². The van der Waals surface area contributed by atoms with Crippen molar-refractivity contribution in [1.29, 1.82) is 5.26 Å². The lowest BCUT2D eigenvalue weighted by Gasteiger charge is -2.19. The lowest BCUT2D eigenvalue weighted by Crippen LogP contribution is -2.24. The van der Waals surface area contributed by atoms with Crippen LogP contribution in [0.2, 0.25) is 5.02 Å². The summed E-state index contributed by atoms with van der Waals surface area (Å²) in [7, 11) is 1.64. The quantitative estimate of drug-likeness (QED) is 0.646. The van der Waals surface area contributed by atoms with Crippen LogP contribution in [-0.4, -0.2) is 7.11 Å². The number of nitrogen functional groups attached to an aromatic ring is 1. The fraction of sp³-hybridized carbons (Fsp3) is 0.250. The lowest BCUT2D eigenvalue weighted by atomic mass is 9.86. The molecule has 0 saturated carbocycles. The van der Waals surface area contributed by atoms with Gasteiger partial charge in [0.15, 0.2) is 0 Å². The van der Waals surface area contributed by atoms with Crippen molar-refractivity contribution in [1.82, 2.24) is 0 Å². The maximum atomic E-state index is 9.80. The molecular weight excluding hydrogens is 398 g/mol. The average molecular weight is 421 g/mol. The van der Waals surface area contributed by atoms with E-state index in [1.54, 1.807) is 19.2 Å². The molecule has 3 aromatic rings. The normalized spacial score (nSPS) is 12.7. The highest BCUT2D eigenvalue weighted by molar-refractivity contribution is 6.30. The topological polar surface area (TPSA) is 82.4 Å². The van der Waals surface area contributed by atoms with Gasteiger partial charge >= 0.3 is 0 Å². The minimum absolute atomic E-state index is 0.331. The zero-order chi connectivity index (χ0) is 21.1. The molecule has 0 unspecified atom stereocenters. The van der Waals surface area contributed by atoms with Gasteiger partial charge in [0.1, 0.15) is 35.4 Å². The number of nitrogens with zero attached hydrogens (tertiary/aromatic N) is 1. The Kier molecular flexibility index (Phi) is 5.78. The molecule has 152 valence electrons. The second kappa shape index (κ2) is 8.64. The van der Waals surface area contributed by atoms with Gasteiger partial charge in [0.2, 0.25) is 0 Å². The van der Waals surface area contributed by atoms with Crippen LogP contribution >= 0.6 is 11.6 Å². The number of nitrogens with one attached hydrogen (secondary N) is 1. The van der Waals surface area contributed by atoms with Crippen LogP contribution in [-0.2, 0) is 19.4 Å². The van der Waals surface area contributed by atoms with Crippen molar-refractivity contribution in [3.63, 3.8) is 0 Å². The van der Waals surface area contributed by atoms with Gasteiger partial charge in [-0.3, -0.25) is 5.73 Å². The molecule has 1 heterocycles. The van der Waals surface area contributed by atoms with Crippen molar-refractivity contribution in [2.24, 2.45) is 0 Å². The van der Waals surface area contributed by atoms with Crippen LogP contribution in [0.15, 0.2) is 42.5 Å². The van der Waals surface area contributed by atoms with E-state index in [0.717, 1.165) is 59.6 Å². The largest absolute Gasteiger partial charge is 0.496 e. The average Bonchev–Trinajstić information content (AvgIpc) is 2.77. The third kappa shape index (κ3) is 3.92. The summed E-state index contributed by atoms with van der Waals surface area (Å²) in [4.78, 5) is 3.24. The fourth-order valence-electron chi connectivity index (χ4n) is 4.00. The second-order valence-electron chi connectivity index (χ2n) is 7.33. The standard InChI is InChI=1S/C24H22ClN3O2/c1-29-22-11-6-15(12-16(22)14-30-18-9-7-17(25)8-10-18)23-19-4-2-3-5-21(19)28-24(27)20(23)13-26/h6-12H,2-5,14H2,1H3,(H2,27,28)/p+1. The number of pyridine rings is 1. The molecule has 0 spiro atoms. The van der Waals surface area contributed by atoms with E-state index < -0.39 is 0 Å². The van der Waals surface area contributed by atoms with E-state index in [0.29, 0.717) is 23.0 Å². The van der Waals surface area contributed by atoms with Crippen molar-refractivity contribution in [2.75, 3.05) is 12.8 Å². The number of benzene rings is 2. The Morgan fingerprint density at radius 3 is 2.63 bits per heavy atom. The molecule has 0 radical (unpaired) electrons. The number of hydrogen-bond acceptors (Lipinski definition) is 4. The number of rotatable bonds is 5. The van der Waals surface area contributed by atoms with Crippen LogP contribution in [0.3, 0.4) is 0 Å². The monoisotopic (exact) mass is 420 g/mol. The summed E-state index contributed by atoms with van der Waals surface area (Å²) < 4.78 is 11.5. The maximum absolute atomic E-state index is 9.80. The molecule has 1 aromatic heterocycles. The fourth-order valence-corrected chi connectivity index (χ4v) is 4.13. The number of anilines is 1. The molecule has 3 N–H and O–H groups in total. The Morgan fingerprint density at radius 1 is 1.13 bits per heavy atom. The highest BCUT2D eigenvalue weighted by atomic mass is 35.5. The number of halogens is 1. The molecule has 5 nitrogen and oxygen atoms in total. The molecule has 0 atom stereocenters. The minimum atomic E-state index is 0.331. The molecule has 1 aliphatic carbocycles. The van der Waals surface area contributed by atoms with Crippen LogP contribution in [0, 0.1) is 11.3 Å². The van der Waals surface area contributed by atoms with E-state index in [-0.39, 0.29) is 0 Å². The first kappa shape index (κ1) is 20.1. The Morgan fingerprint density at radius 2 is 1.90 bits per heavy atom. The predicted octanol–water partition coefficient (Wildman–Crippen LogP) is 4.74. The summed E-state index contributed by atoms with van der Waals surface area (Å²) in [6.45, 7) is 0.331. The Hall–Kier alpha value is -3.23. The highest BCUT2D eigenvalue weighted by Crippen LogP contribution is 2.36. The number of ether oxygens (including phenoxy) is 2. The van der Waals surface area contributed by atoms with Crippen LogP contribution in [0.5, 0.6) is 11.5 Å². The van der Waals surface area contributed by atoms with Gasteiger partial charge in [-0.1, -0.05) is 17.7 Å². The smallest absolute Gasteiger partial charge is 0.289 e. The lowest BCUT2D eigenvalue weighted by molar-refractivity contribution is -0.374. The third-order valence-corrected chi connectivity index (χ3v) is 5.72. The molecule has 2 aromatic carbocycles. The number of nitrogens with two attached hydrogens (primary N) is 1. The van der Waals surface area contributed by atoms with Crippen molar-refractivity contribution in [3.05, 3.63) is 69.9 Å². The SMILES string of the molecule is COc1ccc(-c2c(C#N)c(N)[nH+]c3c2CCCC3)cc1COc1ccc(Cl)cc1. The van der Waals surface area contributed by atoms with Gasteiger partial charge in [-0.25, -0.2) is 4.98 Å². The van der Waals surface area contributed by atoms with E-state index in [4.69, 9.17) is 26.8 Å². The van der Waals surface area contributed by atoms with Gasteiger partial charge in [-0.2, -0.15) is 5.26 Å². The molecule has 30 heavy (non-hydrogen) atoms. The predicted molar refractivity (Wildman–Crippen MR) is 117 cm³/mol. The number of methoxy groups -OCH3 is 1. The number of aryl methyl sites for hydroxylation is 1. The van der Waals surface area contributed by atoms with E-state index in [1.165, 1.54) is 5.56 Å². The summed E-state index contributed by atoms with van der Waals surface area (Å²) in [6, 6.07) is 15.5. The van der Waals surface area contributed by atoms with Crippen LogP contribution in [0.25, 0.3) is 11.1 Å². The van der Waals surface area contributed by atoms with Gasteiger partial charge in [-0.15, -0.1) is 0 Å². The molecule has 0 aliphatic heterocycles. The van der Waals surface area contributed by atoms with Crippen molar-refractivity contribution < 1.29 is 14.5 Å². The van der Waals surface area contributed by atoms with Gasteiger partial charge in [0.05, 0.1) is 7.11 Å². The van der Waals surface area contributed by atoms with E-state index in [9.17, 15) is 5.26 Å². The molecule has 0 saturated heterocycles. The zero-order valence-electron chi connectivity index (χ0n) is 16.8. The number of aromatic amines is 1. The number of hydrogen-bond donors (Lipinski definition) is 1. The molecule has 6 heteroatoms. The molecule has 0 amide bonds. The number of aromatic nitrogens is 1. The van der Waals surface area contributed by atoms with E-state index >= 15 is 0 Å². The number of H-pyrrole nitrogens is 1. The zero-order valence-corrected chi connectivity index (χ0v) is 17.6. The van der Waals surface area contributed by atoms with Crippen LogP contribution in [0.1, 0.15) is 35.2 Å². The van der Waals surface area contributed by atoms with Crippen LogP contribution in [0.4, 0.5) is 5.82 Å². The molecule has 4 rings (SSSR count). The number of fused-ring (bicyclic) bond motifs is 1. The summed E-state index contributed by atoms with van der Waals surface area (Å²) >= 11 is 5.95. The molecule has 1 aliphatic rings. The van der Waals surface area contributed by atoms with Crippen molar-refractivity contribution >= 4 is 17.4 Å². The van der Waals surface area contributed by atoms with Gasteiger partial charge < -0.3 is 9.47 Å². The first-order valence-corrected chi connectivity index (χ1v) is 10.3. The highest BCUT2D eigenvalue weighted by Gasteiger charge is 2.25. The van der Waals surface area contributed by atoms with Gasteiger partial charge in [-0.05, 0) is 61.2 Å². The van der Waals surface area contributed by atoms with E-state index in [1.807, 2.05) is 30.3 Å². The first-order chi connectivity index (χ1) is 14.6. The van der Waals surface area contributed by atoms with Crippen LogP contribution < -0.4 is 20.2 Å².